The van der Waals surface area contributed by atoms with Crippen LogP contribution >= 0.6 is 11.5 Å². The summed E-state index contributed by atoms with van der Waals surface area (Å²) in [7, 11) is -4.65. The van der Waals surface area contributed by atoms with Gasteiger partial charge in [-0.1, -0.05) is 0 Å². The summed E-state index contributed by atoms with van der Waals surface area (Å²) >= 11 is 1.10. The van der Waals surface area contributed by atoms with Gasteiger partial charge in [-0.25, -0.2) is 0 Å². The highest BCUT2D eigenvalue weighted by Gasteiger charge is 2.39. The number of rotatable bonds is 2. The number of carbonyl (C=O) groups excluding carboxylic acids is 1. The number of hydrogen-bond donors (Lipinski definition) is 0. The van der Waals surface area contributed by atoms with Crippen LogP contribution in [0.4, 0.5) is 8.89 Å². The largest absolute Gasteiger partial charge is 0.307 e. The Balaban J connectivity index is 2.24. The maximum atomic E-state index is 12.7. The maximum Gasteiger partial charge on any atom is 0.307 e. The van der Waals surface area contributed by atoms with Crippen LogP contribution in [-0.2, 0) is 15.0 Å². The Morgan fingerprint density at radius 1 is 1.62 bits per heavy atom. The molecule has 8 heteroatoms. The topological polar surface area (TPSA) is 67.3 Å². The number of amides is 1. The third-order valence-corrected chi connectivity index (χ3v) is 4.39. The normalized spacial score (nSPS) is 21.8. The number of halogens is 1. The summed E-state index contributed by atoms with van der Waals surface area (Å²) in [4.78, 5) is 12.8. The molecule has 0 saturated carbocycles. The quantitative estimate of drug-likeness (QED) is 0.743. The average Bonchev–Trinajstić information content (AvgIpc) is 2.70. The van der Waals surface area contributed by atoms with E-state index in [1.54, 1.807) is 13.0 Å². The van der Waals surface area contributed by atoms with E-state index in [1.165, 1.54) is 4.90 Å². The molecule has 88 valence electrons. The maximum absolute atomic E-state index is 12.7. The van der Waals surface area contributed by atoms with Crippen LogP contribution in [0.1, 0.15) is 12.1 Å². The smallest absolute Gasteiger partial charge is 0.301 e. The molecule has 0 aromatic carbocycles. The number of hydrogen-bond acceptors (Lipinski definition) is 5. The second kappa shape index (κ2) is 3.77. The molecule has 1 aromatic heterocycles. The van der Waals surface area contributed by atoms with Crippen molar-refractivity contribution in [3.8, 4) is 0 Å². The number of anilines is 1. The standard InChI is InChI=1S/C8H9FN2O3S2/c1-5-2-8(15-10-5)11-4-6(3-7(11)12)16(9,13)14/h2,6H,3-4H2,1H3. The molecular formula is C8H9FN2O3S2. The van der Waals surface area contributed by atoms with Crippen LogP contribution in [0.2, 0.25) is 0 Å². The summed E-state index contributed by atoms with van der Waals surface area (Å²) in [6.45, 7) is 1.64. The van der Waals surface area contributed by atoms with Gasteiger partial charge in [0.2, 0.25) is 5.91 Å². The minimum atomic E-state index is -4.65. The molecule has 0 radical (unpaired) electrons. The molecule has 0 spiro atoms. The van der Waals surface area contributed by atoms with Crippen LogP contribution in [0.25, 0.3) is 0 Å². The first-order valence-corrected chi connectivity index (χ1v) is 6.77. The van der Waals surface area contributed by atoms with Gasteiger partial charge in [0.05, 0.1) is 5.69 Å². The third kappa shape index (κ3) is 2.07. The first-order chi connectivity index (χ1) is 7.38. The molecule has 1 amide bonds. The average molecular weight is 264 g/mol. The van der Waals surface area contributed by atoms with Crippen molar-refractivity contribution >= 4 is 32.7 Å². The van der Waals surface area contributed by atoms with Crippen LogP contribution in [0.5, 0.6) is 0 Å². The van der Waals surface area contributed by atoms with E-state index in [4.69, 9.17) is 0 Å². The van der Waals surface area contributed by atoms with Gasteiger partial charge < -0.3 is 4.90 Å². The Labute approximate surface area is 96.3 Å². The lowest BCUT2D eigenvalue weighted by Gasteiger charge is -2.11. The number of carbonyl (C=O) groups is 1. The van der Waals surface area contributed by atoms with E-state index in [0.717, 1.165) is 17.2 Å². The van der Waals surface area contributed by atoms with Crippen molar-refractivity contribution in [2.75, 3.05) is 11.4 Å². The molecule has 1 aliphatic rings. The Morgan fingerprint density at radius 2 is 2.31 bits per heavy atom. The fourth-order valence-electron chi connectivity index (χ4n) is 1.55. The summed E-state index contributed by atoms with van der Waals surface area (Å²) in [6.07, 6.45) is -0.296. The second-order valence-electron chi connectivity index (χ2n) is 3.61. The van der Waals surface area contributed by atoms with E-state index in [-0.39, 0.29) is 18.9 Å². The van der Waals surface area contributed by atoms with Crippen LogP contribution < -0.4 is 4.90 Å². The molecule has 2 heterocycles. The van der Waals surface area contributed by atoms with Gasteiger partial charge in [-0.05, 0) is 24.5 Å². The van der Waals surface area contributed by atoms with Crippen LogP contribution in [0.15, 0.2) is 6.07 Å². The molecule has 0 N–H and O–H groups in total. The lowest BCUT2D eigenvalue weighted by atomic mass is 10.4. The van der Waals surface area contributed by atoms with Gasteiger partial charge in [0, 0.05) is 13.0 Å². The Morgan fingerprint density at radius 3 is 2.75 bits per heavy atom. The predicted molar refractivity (Wildman–Crippen MR) is 57.6 cm³/mol. The summed E-state index contributed by atoms with van der Waals surface area (Å²) in [5.41, 5.74) is 0.749. The number of aromatic nitrogens is 1. The molecule has 2 rings (SSSR count). The van der Waals surface area contributed by atoms with Gasteiger partial charge in [0.15, 0.2) is 0 Å². The van der Waals surface area contributed by atoms with E-state index in [9.17, 15) is 17.1 Å². The van der Waals surface area contributed by atoms with Gasteiger partial charge in [-0.15, -0.1) is 3.89 Å². The molecule has 0 aliphatic carbocycles. The van der Waals surface area contributed by atoms with Crippen LogP contribution in [-0.4, -0.2) is 30.5 Å². The van der Waals surface area contributed by atoms with Crippen molar-refractivity contribution in [2.45, 2.75) is 18.6 Å². The van der Waals surface area contributed by atoms with Gasteiger partial charge in [-0.2, -0.15) is 12.8 Å². The highest BCUT2D eigenvalue weighted by molar-refractivity contribution is 7.87. The summed E-state index contributed by atoms with van der Waals surface area (Å²) < 4.78 is 38.1. The van der Waals surface area contributed by atoms with Gasteiger partial charge in [0.25, 0.3) is 0 Å². The fourth-order valence-corrected chi connectivity index (χ4v) is 3.01. The Kier molecular flexibility index (Phi) is 2.70. The van der Waals surface area contributed by atoms with Crippen LogP contribution in [0.3, 0.4) is 0 Å². The number of aryl methyl sites for hydroxylation is 1. The molecule has 0 bridgehead atoms. The van der Waals surface area contributed by atoms with Crippen molar-refractivity contribution in [2.24, 2.45) is 0 Å². The molecular weight excluding hydrogens is 255 g/mol. The third-order valence-electron chi connectivity index (χ3n) is 2.37. The van der Waals surface area contributed by atoms with E-state index >= 15 is 0 Å². The van der Waals surface area contributed by atoms with E-state index in [2.05, 4.69) is 4.37 Å². The van der Waals surface area contributed by atoms with Gasteiger partial charge >= 0.3 is 10.2 Å². The monoisotopic (exact) mass is 264 g/mol. The zero-order valence-corrected chi connectivity index (χ0v) is 10.0. The molecule has 5 nitrogen and oxygen atoms in total. The zero-order chi connectivity index (χ0) is 11.9. The molecule has 1 saturated heterocycles. The highest BCUT2D eigenvalue weighted by atomic mass is 32.3. The van der Waals surface area contributed by atoms with Crippen molar-refractivity contribution in [1.82, 2.24) is 4.37 Å². The summed E-state index contributed by atoms with van der Waals surface area (Å²) in [5, 5.41) is -0.684. The molecule has 1 aliphatic heterocycles. The SMILES string of the molecule is Cc1cc(N2CC(S(=O)(=O)F)CC2=O)sn1. The lowest BCUT2D eigenvalue weighted by molar-refractivity contribution is -0.117. The van der Waals surface area contributed by atoms with Crippen LogP contribution in [0, 0.1) is 6.92 Å². The summed E-state index contributed by atoms with van der Waals surface area (Å²) in [5.74, 6) is -0.380. The number of nitrogens with zero attached hydrogens (tertiary/aromatic N) is 2. The minimum Gasteiger partial charge on any atom is -0.301 e. The minimum absolute atomic E-state index is 0.126. The highest BCUT2D eigenvalue weighted by Crippen LogP contribution is 2.29. The van der Waals surface area contributed by atoms with E-state index in [0.29, 0.717) is 5.00 Å². The molecule has 16 heavy (non-hydrogen) atoms. The molecule has 1 fully saturated rings. The van der Waals surface area contributed by atoms with Gasteiger partial charge in [-0.3, -0.25) is 4.79 Å². The van der Waals surface area contributed by atoms with E-state index < -0.39 is 15.5 Å². The zero-order valence-electron chi connectivity index (χ0n) is 8.38. The fraction of sp³-hybridized carbons (Fsp3) is 0.500. The molecule has 1 atom stereocenters. The van der Waals surface area contributed by atoms with Crippen molar-refractivity contribution < 1.29 is 17.1 Å². The first kappa shape index (κ1) is 11.5. The van der Waals surface area contributed by atoms with Crippen molar-refractivity contribution in [3.05, 3.63) is 11.8 Å². The Hall–Kier alpha value is -1.02. The Bertz CT molecular complexity index is 525. The summed E-state index contributed by atoms with van der Waals surface area (Å²) in [6, 6.07) is 1.68. The second-order valence-corrected chi connectivity index (χ2v) is 6.01. The van der Waals surface area contributed by atoms with Crippen molar-refractivity contribution in [3.63, 3.8) is 0 Å². The van der Waals surface area contributed by atoms with E-state index in [1.807, 2.05) is 0 Å². The van der Waals surface area contributed by atoms with Crippen molar-refractivity contribution in [1.29, 1.82) is 0 Å². The van der Waals surface area contributed by atoms with Gasteiger partial charge in [0.1, 0.15) is 10.3 Å². The molecule has 1 unspecified atom stereocenters. The predicted octanol–water partition coefficient (Wildman–Crippen LogP) is 0.856. The molecule has 1 aromatic rings. The first-order valence-electron chi connectivity index (χ1n) is 4.55. The lowest BCUT2D eigenvalue weighted by Crippen LogP contribution is -2.26.